The van der Waals surface area contributed by atoms with E-state index in [0.717, 1.165) is 5.56 Å². The zero-order chi connectivity index (χ0) is 14.5. The Kier molecular flexibility index (Phi) is 4.41. The van der Waals surface area contributed by atoms with Crippen LogP contribution in [0.4, 0.5) is 5.13 Å². The Bertz CT molecular complexity index is 612. The Labute approximate surface area is 120 Å². The normalized spacial score (nSPS) is 11.7. The van der Waals surface area contributed by atoms with E-state index in [9.17, 15) is 9.59 Å². The zero-order valence-electron chi connectivity index (χ0n) is 11.1. The van der Waals surface area contributed by atoms with E-state index in [4.69, 9.17) is 0 Å². The highest BCUT2D eigenvalue weighted by atomic mass is 32.1. The van der Waals surface area contributed by atoms with E-state index in [0.29, 0.717) is 10.8 Å². The molecule has 7 heteroatoms. The summed E-state index contributed by atoms with van der Waals surface area (Å²) in [6.45, 7) is 3.28. The van der Waals surface area contributed by atoms with Crippen LogP contribution in [0.1, 0.15) is 35.9 Å². The average molecular weight is 290 g/mol. The van der Waals surface area contributed by atoms with Gasteiger partial charge in [-0.25, -0.2) is 4.98 Å². The molecule has 0 bridgehead atoms. The number of carbonyl (C=O) groups is 2. The van der Waals surface area contributed by atoms with Gasteiger partial charge in [0.2, 0.25) is 5.91 Å². The van der Waals surface area contributed by atoms with Crippen molar-refractivity contribution in [2.75, 3.05) is 5.32 Å². The minimum atomic E-state index is -0.276. The molecule has 2 amide bonds. The fourth-order valence-corrected chi connectivity index (χ4v) is 2.33. The molecule has 0 saturated heterocycles. The van der Waals surface area contributed by atoms with Crippen molar-refractivity contribution < 1.29 is 9.59 Å². The Morgan fingerprint density at radius 3 is 2.65 bits per heavy atom. The maximum absolute atomic E-state index is 12.0. The van der Waals surface area contributed by atoms with Crippen LogP contribution >= 0.6 is 11.3 Å². The van der Waals surface area contributed by atoms with Crippen LogP contribution in [0.3, 0.4) is 0 Å². The van der Waals surface area contributed by atoms with Crippen LogP contribution in [-0.2, 0) is 4.79 Å². The predicted octanol–water partition coefficient (Wildman–Crippen LogP) is 1.99. The maximum Gasteiger partial charge on any atom is 0.271 e. The molecule has 0 spiro atoms. The quantitative estimate of drug-likeness (QED) is 0.902. The Hall–Kier alpha value is -2.28. The molecule has 2 heterocycles. The highest BCUT2D eigenvalue weighted by molar-refractivity contribution is 7.14. The van der Waals surface area contributed by atoms with Gasteiger partial charge in [0, 0.05) is 24.7 Å². The lowest BCUT2D eigenvalue weighted by atomic mass is 10.1. The summed E-state index contributed by atoms with van der Waals surface area (Å²) in [5.74, 6) is -0.487. The summed E-state index contributed by atoms with van der Waals surface area (Å²) in [5, 5.41) is 7.42. The van der Waals surface area contributed by atoms with Crippen molar-refractivity contribution in [3.05, 3.63) is 41.2 Å². The molecule has 1 atom stereocenters. The average Bonchev–Trinajstić information content (AvgIpc) is 2.87. The van der Waals surface area contributed by atoms with Crippen molar-refractivity contribution in [1.82, 2.24) is 15.3 Å². The van der Waals surface area contributed by atoms with Crippen LogP contribution in [-0.4, -0.2) is 21.8 Å². The highest BCUT2D eigenvalue weighted by Gasteiger charge is 2.14. The molecule has 6 nitrogen and oxygen atoms in total. The molecule has 0 fully saturated rings. The number of aromatic nitrogens is 2. The number of pyridine rings is 1. The van der Waals surface area contributed by atoms with Gasteiger partial charge in [-0.1, -0.05) is 0 Å². The molecule has 0 radical (unpaired) electrons. The maximum atomic E-state index is 12.0. The Balaban J connectivity index is 2.01. The van der Waals surface area contributed by atoms with Crippen LogP contribution in [0.5, 0.6) is 0 Å². The summed E-state index contributed by atoms with van der Waals surface area (Å²) >= 11 is 1.22. The Morgan fingerprint density at radius 1 is 1.30 bits per heavy atom. The number of carbonyl (C=O) groups excluding carboxylic acids is 2. The van der Waals surface area contributed by atoms with Crippen molar-refractivity contribution in [2.24, 2.45) is 0 Å². The summed E-state index contributed by atoms with van der Waals surface area (Å²) in [6, 6.07) is 3.54. The van der Waals surface area contributed by atoms with E-state index < -0.39 is 0 Å². The molecule has 0 saturated carbocycles. The third kappa shape index (κ3) is 3.61. The highest BCUT2D eigenvalue weighted by Crippen LogP contribution is 2.17. The molecular formula is C13H14N4O2S. The number of amides is 2. The van der Waals surface area contributed by atoms with Crippen LogP contribution < -0.4 is 10.6 Å². The van der Waals surface area contributed by atoms with Gasteiger partial charge in [-0.2, -0.15) is 0 Å². The topological polar surface area (TPSA) is 84.0 Å². The predicted molar refractivity (Wildman–Crippen MR) is 76.5 cm³/mol. The number of nitrogens with zero attached hydrogens (tertiary/aromatic N) is 2. The summed E-state index contributed by atoms with van der Waals surface area (Å²) in [5.41, 5.74) is 1.25. The fourth-order valence-electron chi connectivity index (χ4n) is 1.59. The smallest absolute Gasteiger partial charge is 0.271 e. The molecular weight excluding hydrogens is 276 g/mol. The largest absolute Gasteiger partial charge is 0.344 e. The first-order chi connectivity index (χ1) is 9.56. The second-order valence-electron chi connectivity index (χ2n) is 4.19. The summed E-state index contributed by atoms with van der Waals surface area (Å²) < 4.78 is 0. The van der Waals surface area contributed by atoms with Crippen LogP contribution in [0.25, 0.3) is 0 Å². The minimum absolute atomic E-state index is 0.142. The van der Waals surface area contributed by atoms with Crippen LogP contribution in [0, 0.1) is 0 Å². The van der Waals surface area contributed by atoms with Crippen molar-refractivity contribution >= 4 is 28.3 Å². The van der Waals surface area contributed by atoms with Gasteiger partial charge < -0.3 is 10.6 Å². The molecule has 0 aliphatic heterocycles. The number of hydrogen-bond acceptors (Lipinski definition) is 5. The molecule has 2 aromatic rings. The SMILES string of the molecule is CC(=O)Nc1nc(C(=O)N[C@H](C)c2ccncc2)cs1. The standard InChI is InChI=1S/C13H14N4O2S/c1-8(10-3-5-14-6-4-10)15-12(19)11-7-20-13(17-11)16-9(2)18/h3-8H,1-2H3,(H,15,19)(H,16,17,18)/t8-/m1/s1. The van der Waals surface area contributed by atoms with Crippen LogP contribution in [0.15, 0.2) is 29.9 Å². The Morgan fingerprint density at radius 2 is 2.00 bits per heavy atom. The van der Waals surface area contributed by atoms with Gasteiger partial charge in [-0.15, -0.1) is 11.3 Å². The second kappa shape index (κ2) is 6.25. The zero-order valence-corrected chi connectivity index (χ0v) is 11.9. The lowest BCUT2D eigenvalue weighted by Crippen LogP contribution is -2.27. The summed E-state index contributed by atoms with van der Waals surface area (Å²) in [7, 11) is 0. The minimum Gasteiger partial charge on any atom is -0.344 e. The van der Waals surface area contributed by atoms with Gasteiger partial charge in [0.25, 0.3) is 5.91 Å². The molecule has 2 rings (SSSR count). The number of nitrogens with one attached hydrogen (secondary N) is 2. The summed E-state index contributed by atoms with van der Waals surface area (Å²) in [4.78, 5) is 30.9. The van der Waals surface area contributed by atoms with Crippen molar-refractivity contribution in [3.8, 4) is 0 Å². The molecule has 0 aliphatic rings. The number of rotatable bonds is 4. The molecule has 20 heavy (non-hydrogen) atoms. The van der Waals surface area contributed by atoms with E-state index >= 15 is 0 Å². The number of hydrogen-bond donors (Lipinski definition) is 2. The van der Waals surface area contributed by atoms with Crippen LogP contribution in [0.2, 0.25) is 0 Å². The van der Waals surface area contributed by atoms with Gasteiger partial charge in [0.1, 0.15) is 5.69 Å². The van der Waals surface area contributed by atoms with E-state index in [2.05, 4.69) is 20.6 Å². The third-order valence-corrected chi connectivity index (χ3v) is 3.33. The van der Waals surface area contributed by atoms with Crippen molar-refractivity contribution in [2.45, 2.75) is 19.9 Å². The lowest BCUT2D eigenvalue weighted by Gasteiger charge is -2.12. The third-order valence-electron chi connectivity index (χ3n) is 2.57. The van der Waals surface area contributed by atoms with E-state index in [-0.39, 0.29) is 17.9 Å². The molecule has 104 valence electrons. The summed E-state index contributed by atoms with van der Waals surface area (Å²) in [6.07, 6.45) is 3.35. The molecule has 0 aromatic carbocycles. The van der Waals surface area contributed by atoms with Gasteiger partial charge in [-0.3, -0.25) is 14.6 Å². The number of anilines is 1. The monoisotopic (exact) mass is 290 g/mol. The lowest BCUT2D eigenvalue weighted by molar-refractivity contribution is -0.114. The van der Waals surface area contributed by atoms with Crippen molar-refractivity contribution in [3.63, 3.8) is 0 Å². The van der Waals surface area contributed by atoms with E-state index in [1.807, 2.05) is 19.1 Å². The van der Waals surface area contributed by atoms with Gasteiger partial charge in [0.05, 0.1) is 6.04 Å². The second-order valence-corrected chi connectivity index (χ2v) is 5.05. The van der Waals surface area contributed by atoms with Gasteiger partial charge in [0.15, 0.2) is 5.13 Å². The van der Waals surface area contributed by atoms with Gasteiger partial charge >= 0.3 is 0 Å². The first kappa shape index (κ1) is 14.1. The molecule has 0 aliphatic carbocycles. The van der Waals surface area contributed by atoms with E-state index in [1.165, 1.54) is 18.3 Å². The fraction of sp³-hybridized carbons (Fsp3) is 0.231. The first-order valence-corrected chi connectivity index (χ1v) is 6.88. The van der Waals surface area contributed by atoms with E-state index in [1.54, 1.807) is 17.8 Å². The molecule has 2 N–H and O–H groups in total. The molecule has 0 unspecified atom stereocenters. The molecule has 2 aromatic heterocycles. The first-order valence-electron chi connectivity index (χ1n) is 6.00. The van der Waals surface area contributed by atoms with Crippen molar-refractivity contribution in [1.29, 1.82) is 0 Å². The number of thiazole rings is 1. The van der Waals surface area contributed by atoms with Gasteiger partial charge in [-0.05, 0) is 24.6 Å².